The van der Waals surface area contributed by atoms with Gasteiger partial charge in [-0.3, -0.25) is 9.78 Å². The normalized spacial score (nSPS) is 23.7. The molecule has 2 aliphatic rings. The fourth-order valence-corrected chi connectivity index (χ4v) is 4.03. The molecule has 0 N–H and O–H groups in total. The van der Waals surface area contributed by atoms with Gasteiger partial charge in [-0.2, -0.15) is 0 Å². The van der Waals surface area contributed by atoms with E-state index in [1.54, 1.807) is 36.0 Å². The van der Waals surface area contributed by atoms with E-state index >= 15 is 0 Å². The van der Waals surface area contributed by atoms with Crippen LogP contribution >= 0.6 is 11.3 Å². The SMILES string of the molecule is O=C(/C=C/c1cccs1)N1CCOC2(COCCN(c3cnccn3)C2)C1. The van der Waals surface area contributed by atoms with Crippen molar-refractivity contribution in [3.05, 3.63) is 47.1 Å². The number of carbonyl (C=O) groups excluding carboxylic acids is 1. The molecule has 2 aliphatic heterocycles. The van der Waals surface area contributed by atoms with Crippen molar-refractivity contribution < 1.29 is 14.3 Å². The van der Waals surface area contributed by atoms with Gasteiger partial charge in [0.15, 0.2) is 0 Å². The van der Waals surface area contributed by atoms with Gasteiger partial charge in [-0.05, 0) is 17.5 Å². The van der Waals surface area contributed by atoms with Crippen LogP contribution in [-0.2, 0) is 14.3 Å². The van der Waals surface area contributed by atoms with Crippen LogP contribution in [0.3, 0.4) is 0 Å². The molecule has 2 aromatic heterocycles. The molecule has 1 amide bonds. The molecule has 142 valence electrons. The predicted octanol–water partition coefficient (Wildman–Crippen LogP) is 1.69. The maximum absolute atomic E-state index is 12.7. The van der Waals surface area contributed by atoms with Crippen molar-refractivity contribution in [1.29, 1.82) is 0 Å². The number of amides is 1. The van der Waals surface area contributed by atoms with Gasteiger partial charge in [-0.25, -0.2) is 4.98 Å². The van der Waals surface area contributed by atoms with Crippen molar-refractivity contribution in [2.75, 3.05) is 50.9 Å². The molecule has 2 aromatic rings. The highest BCUT2D eigenvalue weighted by molar-refractivity contribution is 7.10. The van der Waals surface area contributed by atoms with Crippen LogP contribution in [0.5, 0.6) is 0 Å². The van der Waals surface area contributed by atoms with Crippen molar-refractivity contribution in [3.63, 3.8) is 0 Å². The van der Waals surface area contributed by atoms with Crippen LogP contribution in [0, 0.1) is 0 Å². The fraction of sp³-hybridized carbons (Fsp3) is 0.421. The van der Waals surface area contributed by atoms with E-state index in [2.05, 4.69) is 14.9 Å². The maximum Gasteiger partial charge on any atom is 0.246 e. The Morgan fingerprint density at radius 1 is 1.26 bits per heavy atom. The molecule has 27 heavy (non-hydrogen) atoms. The highest BCUT2D eigenvalue weighted by Crippen LogP contribution is 2.25. The zero-order valence-electron chi connectivity index (χ0n) is 15.0. The summed E-state index contributed by atoms with van der Waals surface area (Å²) in [5.41, 5.74) is -0.557. The summed E-state index contributed by atoms with van der Waals surface area (Å²) < 4.78 is 12.0. The number of ether oxygens (including phenoxy) is 2. The molecular weight excluding hydrogens is 364 g/mol. The molecule has 4 rings (SSSR count). The summed E-state index contributed by atoms with van der Waals surface area (Å²) in [6, 6.07) is 3.97. The summed E-state index contributed by atoms with van der Waals surface area (Å²) in [6.07, 6.45) is 8.59. The quantitative estimate of drug-likeness (QED) is 0.748. The third-order valence-corrected chi connectivity index (χ3v) is 5.55. The van der Waals surface area contributed by atoms with Crippen molar-refractivity contribution >= 4 is 29.1 Å². The number of rotatable bonds is 3. The molecule has 4 heterocycles. The van der Waals surface area contributed by atoms with Crippen LogP contribution in [-0.4, -0.2) is 72.4 Å². The predicted molar refractivity (Wildman–Crippen MR) is 104 cm³/mol. The standard InChI is InChI=1S/C19H22N4O3S/c24-18(4-3-16-2-1-11-27-16)23-8-10-26-19(14-23)13-22(7-9-25-15-19)17-12-20-5-6-21-17/h1-6,11-12H,7-10,13-15H2/b4-3+. The van der Waals surface area contributed by atoms with Crippen LogP contribution in [0.25, 0.3) is 6.08 Å². The van der Waals surface area contributed by atoms with Crippen LogP contribution in [0.1, 0.15) is 4.88 Å². The van der Waals surface area contributed by atoms with Gasteiger partial charge in [0.05, 0.1) is 39.1 Å². The summed E-state index contributed by atoms with van der Waals surface area (Å²) in [4.78, 5) is 26.3. The molecule has 0 radical (unpaired) electrons. The van der Waals surface area contributed by atoms with Gasteiger partial charge in [-0.1, -0.05) is 6.07 Å². The summed E-state index contributed by atoms with van der Waals surface area (Å²) >= 11 is 1.61. The summed E-state index contributed by atoms with van der Waals surface area (Å²) in [5, 5.41) is 2.00. The Kier molecular flexibility index (Phi) is 5.47. The zero-order chi connectivity index (χ0) is 18.5. The second-order valence-electron chi connectivity index (χ2n) is 6.68. The van der Waals surface area contributed by atoms with Crippen molar-refractivity contribution in [1.82, 2.24) is 14.9 Å². The first-order valence-electron chi connectivity index (χ1n) is 8.97. The smallest absolute Gasteiger partial charge is 0.246 e. The Hall–Kier alpha value is -2.29. The minimum atomic E-state index is -0.557. The molecule has 0 saturated carbocycles. The van der Waals surface area contributed by atoms with Gasteiger partial charge in [0.1, 0.15) is 11.4 Å². The molecule has 7 nitrogen and oxygen atoms in total. The molecule has 1 unspecified atom stereocenters. The number of carbonyl (C=O) groups is 1. The van der Waals surface area contributed by atoms with E-state index in [9.17, 15) is 4.79 Å². The number of thiophene rings is 1. The number of hydrogen-bond acceptors (Lipinski definition) is 7. The van der Waals surface area contributed by atoms with Crippen LogP contribution in [0.15, 0.2) is 42.2 Å². The van der Waals surface area contributed by atoms with Gasteiger partial charge in [0.2, 0.25) is 5.91 Å². The largest absolute Gasteiger partial charge is 0.376 e. The minimum Gasteiger partial charge on any atom is -0.376 e. The topological polar surface area (TPSA) is 67.8 Å². The molecule has 0 bridgehead atoms. The van der Waals surface area contributed by atoms with Crippen molar-refractivity contribution in [3.8, 4) is 0 Å². The van der Waals surface area contributed by atoms with E-state index in [1.807, 2.05) is 28.5 Å². The number of anilines is 1. The van der Waals surface area contributed by atoms with Crippen LogP contribution in [0.2, 0.25) is 0 Å². The van der Waals surface area contributed by atoms with E-state index in [1.165, 1.54) is 0 Å². The van der Waals surface area contributed by atoms with E-state index in [0.29, 0.717) is 39.5 Å². The molecular formula is C19H22N4O3S. The molecule has 0 aliphatic carbocycles. The lowest BCUT2D eigenvalue weighted by molar-refractivity contribution is -0.153. The van der Waals surface area contributed by atoms with Crippen LogP contribution < -0.4 is 4.90 Å². The number of aromatic nitrogens is 2. The second-order valence-corrected chi connectivity index (χ2v) is 7.66. The molecule has 2 saturated heterocycles. The fourth-order valence-electron chi connectivity index (χ4n) is 3.42. The van der Waals surface area contributed by atoms with E-state index in [0.717, 1.165) is 17.2 Å². The summed E-state index contributed by atoms with van der Waals surface area (Å²) in [6.45, 7) is 3.96. The molecule has 0 aromatic carbocycles. The summed E-state index contributed by atoms with van der Waals surface area (Å²) in [7, 11) is 0. The lowest BCUT2D eigenvalue weighted by Crippen LogP contribution is -2.59. The highest BCUT2D eigenvalue weighted by Gasteiger charge is 2.41. The monoisotopic (exact) mass is 386 g/mol. The van der Waals surface area contributed by atoms with Crippen LogP contribution in [0.4, 0.5) is 5.82 Å². The average Bonchev–Trinajstić information content (AvgIpc) is 3.15. The first-order chi connectivity index (χ1) is 13.2. The highest BCUT2D eigenvalue weighted by atomic mass is 32.1. The third kappa shape index (κ3) is 4.35. The van der Waals surface area contributed by atoms with Gasteiger partial charge >= 0.3 is 0 Å². The first-order valence-corrected chi connectivity index (χ1v) is 9.85. The Morgan fingerprint density at radius 3 is 3.04 bits per heavy atom. The Bertz CT molecular complexity index is 784. The summed E-state index contributed by atoms with van der Waals surface area (Å²) in [5.74, 6) is 0.799. The second kappa shape index (κ2) is 8.16. The van der Waals surface area contributed by atoms with E-state index in [-0.39, 0.29) is 5.91 Å². The molecule has 1 atom stereocenters. The molecule has 2 fully saturated rings. The first kappa shape index (κ1) is 18.1. The van der Waals surface area contributed by atoms with E-state index in [4.69, 9.17) is 9.47 Å². The molecule has 8 heteroatoms. The van der Waals surface area contributed by atoms with Gasteiger partial charge < -0.3 is 19.3 Å². The van der Waals surface area contributed by atoms with E-state index < -0.39 is 5.60 Å². The van der Waals surface area contributed by atoms with Crippen molar-refractivity contribution in [2.45, 2.75) is 5.60 Å². The van der Waals surface area contributed by atoms with Gasteiger partial charge in [0.25, 0.3) is 0 Å². The number of hydrogen-bond donors (Lipinski definition) is 0. The number of morpholine rings is 1. The minimum absolute atomic E-state index is 0.00127. The zero-order valence-corrected chi connectivity index (χ0v) is 15.8. The lowest BCUT2D eigenvalue weighted by Gasteiger charge is -2.43. The lowest BCUT2D eigenvalue weighted by atomic mass is 10.0. The third-order valence-electron chi connectivity index (χ3n) is 4.72. The average molecular weight is 386 g/mol. The Morgan fingerprint density at radius 2 is 2.22 bits per heavy atom. The van der Waals surface area contributed by atoms with Gasteiger partial charge in [0, 0.05) is 36.4 Å². The number of nitrogens with zero attached hydrogens (tertiary/aromatic N) is 4. The molecule has 1 spiro atoms. The Labute approximate surface area is 162 Å². The van der Waals surface area contributed by atoms with Gasteiger partial charge in [-0.15, -0.1) is 11.3 Å². The maximum atomic E-state index is 12.7. The van der Waals surface area contributed by atoms with Crippen molar-refractivity contribution in [2.24, 2.45) is 0 Å². The Balaban J connectivity index is 1.47.